The van der Waals surface area contributed by atoms with Gasteiger partial charge in [0.25, 0.3) is 0 Å². The van der Waals surface area contributed by atoms with E-state index in [2.05, 4.69) is 5.32 Å². The Labute approximate surface area is 144 Å². The van der Waals surface area contributed by atoms with Gasteiger partial charge in [-0.15, -0.1) is 0 Å². The smallest absolute Gasteiger partial charge is 0.339 e. The maximum Gasteiger partial charge on any atom is 0.339 e. The maximum atomic E-state index is 13.8. The average molecular weight is 353 g/mol. The summed E-state index contributed by atoms with van der Waals surface area (Å²) in [6, 6.07) is 6.05. The van der Waals surface area contributed by atoms with E-state index in [0.29, 0.717) is 11.3 Å². The molecule has 2 rings (SSSR count). The summed E-state index contributed by atoms with van der Waals surface area (Å²) in [5.41, 5.74) is 1.78. The predicted octanol–water partition coefficient (Wildman–Crippen LogP) is 3.71. The van der Waals surface area contributed by atoms with Crippen LogP contribution in [0.1, 0.15) is 28.7 Å². The van der Waals surface area contributed by atoms with Crippen molar-refractivity contribution in [1.82, 2.24) is 4.57 Å². The highest BCUT2D eigenvalue weighted by Crippen LogP contribution is 2.22. The highest BCUT2D eigenvalue weighted by atomic mass is 35.5. The second kappa shape index (κ2) is 7.49. The van der Waals surface area contributed by atoms with E-state index in [9.17, 15) is 14.0 Å². The van der Waals surface area contributed by atoms with Crippen molar-refractivity contribution in [3.05, 3.63) is 52.1 Å². The van der Waals surface area contributed by atoms with Crippen LogP contribution in [-0.2, 0) is 16.1 Å². The number of benzene rings is 1. The van der Waals surface area contributed by atoms with E-state index < -0.39 is 17.7 Å². The molecule has 1 N–H and O–H groups in total. The van der Waals surface area contributed by atoms with Gasteiger partial charge in [-0.2, -0.15) is 0 Å². The quantitative estimate of drug-likeness (QED) is 0.834. The molecule has 5 nitrogen and oxygen atoms in total. The lowest BCUT2D eigenvalue weighted by molar-refractivity contribution is -0.116. The second-order valence-electron chi connectivity index (χ2n) is 5.24. The second-order valence-corrected chi connectivity index (χ2v) is 5.65. The number of nitrogens with one attached hydrogen (secondary N) is 1. The van der Waals surface area contributed by atoms with Crippen molar-refractivity contribution in [2.45, 2.75) is 27.3 Å². The van der Waals surface area contributed by atoms with Gasteiger partial charge in [0, 0.05) is 11.4 Å². The molecule has 7 heteroatoms. The first-order chi connectivity index (χ1) is 11.3. The Morgan fingerprint density at radius 2 is 2.04 bits per heavy atom. The molecule has 0 unspecified atom stereocenters. The highest BCUT2D eigenvalue weighted by Gasteiger charge is 2.18. The Morgan fingerprint density at radius 1 is 1.33 bits per heavy atom. The number of anilines is 1. The van der Waals surface area contributed by atoms with E-state index in [1.165, 1.54) is 12.1 Å². The van der Waals surface area contributed by atoms with Gasteiger partial charge in [-0.05, 0) is 39.0 Å². The van der Waals surface area contributed by atoms with Crippen molar-refractivity contribution in [1.29, 1.82) is 0 Å². The molecule has 128 valence electrons. The molecule has 24 heavy (non-hydrogen) atoms. The molecule has 0 saturated carbocycles. The molecule has 2 aromatic rings. The molecule has 1 aromatic heterocycles. The molecule has 0 bridgehead atoms. The maximum absolute atomic E-state index is 13.8. The summed E-state index contributed by atoms with van der Waals surface area (Å²) in [7, 11) is 0. The van der Waals surface area contributed by atoms with Crippen LogP contribution in [0.4, 0.5) is 10.1 Å². The lowest BCUT2D eigenvalue weighted by Gasteiger charge is -2.11. The van der Waals surface area contributed by atoms with Crippen molar-refractivity contribution < 1.29 is 18.7 Å². The molecule has 0 spiro atoms. The third-order valence-electron chi connectivity index (χ3n) is 3.60. The van der Waals surface area contributed by atoms with Gasteiger partial charge in [0.15, 0.2) is 5.82 Å². The molecule has 0 radical (unpaired) electrons. The number of aryl methyl sites for hydroxylation is 1. The van der Waals surface area contributed by atoms with Crippen LogP contribution in [-0.4, -0.2) is 23.1 Å². The number of hydrogen-bond donors (Lipinski definition) is 1. The fraction of sp³-hybridized carbons (Fsp3) is 0.294. The average Bonchev–Trinajstić information content (AvgIpc) is 2.80. The number of hydrogen-bond acceptors (Lipinski definition) is 3. The van der Waals surface area contributed by atoms with E-state index in [0.717, 1.165) is 5.69 Å². The Bertz CT molecular complexity index is 786. The number of amides is 1. The topological polar surface area (TPSA) is 60.3 Å². The number of halogens is 2. The SMILES string of the molecule is CCOC(=O)c1cc(C)n(CC(=O)Nc2cccc(Cl)c2F)c1C. The minimum absolute atomic E-state index is 0.0144. The number of aromatic nitrogens is 1. The Morgan fingerprint density at radius 3 is 2.71 bits per heavy atom. The van der Waals surface area contributed by atoms with E-state index in [1.807, 2.05) is 0 Å². The van der Waals surface area contributed by atoms with Crippen molar-refractivity contribution in [2.24, 2.45) is 0 Å². The van der Waals surface area contributed by atoms with Gasteiger partial charge in [-0.25, -0.2) is 9.18 Å². The van der Waals surface area contributed by atoms with Crippen molar-refractivity contribution >= 4 is 29.2 Å². The predicted molar refractivity (Wildman–Crippen MR) is 89.9 cm³/mol. The zero-order valence-electron chi connectivity index (χ0n) is 13.7. The summed E-state index contributed by atoms with van der Waals surface area (Å²) in [5.74, 6) is -1.54. The van der Waals surface area contributed by atoms with Gasteiger partial charge >= 0.3 is 5.97 Å². The van der Waals surface area contributed by atoms with Gasteiger partial charge in [0.05, 0.1) is 22.9 Å². The van der Waals surface area contributed by atoms with E-state index in [4.69, 9.17) is 16.3 Å². The van der Waals surface area contributed by atoms with Gasteiger partial charge in [0.2, 0.25) is 5.91 Å². The first kappa shape index (κ1) is 18.0. The Hall–Kier alpha value is -2.34. The van der Waals surface area contributed by atoms with Crippen LogP contribution in [0.15, 0.2) is 24.3 Å². The first-order valence-corrected chi connectivity index (χ1v) is 7.80. The summed E-state index contributed by atoms with van der Waals surface area (Å²) in [6.45, 7) is 5.46. The third-order valence-corrected chi connectivity index (χ3v) is 3.89. The number of esters is 1. The largest absolute Gasteiger partial charge is 0.462 e. The number of rotatable bonds is 5. The van der Waals surface area contributed by atoms with Gasteiger partial charge < -0.3 is 14.6 Å². The van der Waals surface area contributed by atoms with Crippen LogP contribution in [0.25, 0.3) is 0 Å². The summed E-state index contributed by atoms with van der Waals surface area (Å²) in [4.78, 5) is 24.1. The fourth-order valence-corrected chi connectivity index (χ4v) is 2.57. The fourth-order valence-electron chi connectivity index (χ4n) is 2.39. The summed E-state index contributed by atoms with van der Waals surface area (Å²) in [6.07, 6.45) is 0. The molecular formula is C17H18ClFN2O3. The summed E-state index contributed by atoms with van der Waals surface area (Å²) >= 11 is 5.69. The molecule has 0 aliphatic carbocycles. The van der Waals surface area contributed by atoms with Gasteiger partial charge in [-0.1, -0.05) is 17.7 Å². The first-order valence-electron chi connectivity index (χ1n) is 7.42. The standard InChI is InChI=1S/C17H18ClFN2O3/c1-4-24-17(23)12-8-10(2)21(11(12)3)9-15(22)20-14-7-5-6-13(18)16(14)19/h5-8H,4,9H2,1-3H3,(H,20,22). The molecule has 1 heterocycles. The molecule has 0 atom stereocenters. The van der Waals surface area contributed by atoms with E-state index >= 15 is 0 Å². The minimum Gasteiger partial charge on any atom is -0.462 e. The van der Waals surface area contributed by atoms with Crippen molar-refractivity contribution in [3.63, 3.8) is 0 Å². The monoisotopic (exact) mass is 352 g/mol. The molecule has 0 aliphatic rings. The number of ether oxygens (including phenoxy) is 1. The van der Waals surface area contributed by atoms with Crippen LogP contribution in [0.5, 0.6) is 0 Å². The summed E-state index contributed by atoms with van der Waals surface area (Å²) < 4.78 is 20.5. The van der Waals surface area contributed by atoms with E-state index in [-0.39, 0.29) is 23.9 Å². The zero-order chi connectivity index (χ0) is 17.9. The van der Waals surface area contributed by atoms with Gasteiger partial charge in [-0.3, -0.25) is 4.79 Å². The number of nitrogens with zero attached hydrogens (tertiary/aromatic N) is 1. The van der Waals surface area contributed by atoms with Crippen molar-refractivity contribution in [2.75, 3.05) is 11.9 Å². The molecule has 1 aromatic carbocycles. The molecule has 1 amide bonds. The summed E-state index contributed by atoms with van der Waals surface area (Å²) in [5, 5.41) is 2.42. The van der Waals surface area contributed by atoms with Crippen LogP contribution >= 0.6 is 11.6 Å². The van der Waals surface area contributed by atoms with Crippen molar-refractivity contribution in [3.8, 4) is 0 Å². The van der Waals surface area contributed by atoms with Gasteiger partial charge in [0.1, 0.15) is 6.54 Å². The number of carbonyl (C=O) groups excluding carboxylic acids is 2. The van der Waals surface area contributed by atoms with Crippen LogP contribution in [0.3, 0.4) is 0 Å². The lowest BCUT2D eigenvalue weighted by atomic mass is 10.2. The Balaban J connectivity index is 2.17. The molecular weight excluding hydrogens is 335 g/mol. The molecule has 0 fully saturated rings. The zero-order valence-corrected chi connectivity index (χ0v) is 14.4. The Kier molecular flexibility index (Phi) is 5.62. The highest BCUT2D eigenvalue weighted by molar-refractivity contribution is 6.31. The van der Waals surface area contributed by atoms with Crippen LogP contribution in [0.2, 0.25) is 5.02 Å². The molecule has 0 aliphatic heterocycles. The van der Waals surface area contributed by atoms with Crippen LogP contribution < -0.4 is 5.32 Å². The normalized spacial score (nSPS) is 10.5. The van der Waals surface area contributed by atoms with E-state index in [1.54, 1.807) is 37.5 Å². The molecule has 0 saturated heterocycles. The van der Waals surface area contributed by atoms with Crippen LogP contribution in [0, 0.1) is 19.7 Å². The lowest BCUT2D eigenvalue weighted by Crippen LogP contribution is -2.21. The third kappa shape index (κ3) is 3.76. The minimum atomic E-state index is -0.680. The number of carbonyl (C=O) groups is 2.